The highest BCUT2D eigenvalue weighted by molar-refractivity contribution is 6.44. The van der Waals surface area contributed by atoms with Crippen molar-refractivity contribution in [1.82, 2.24) is 0 Å². The summed E-state index contributed by atoms with van der Waals surface area (Å²) in [5.74, 6) is 0. The summed E-state index contributed by atoms with van der Waals surface area (Å²) in [6.07, 6.45) is 5.97. The molecule has 0 aromatic heterocycles. The van der Waals surface area contributed by atoms with Crippen molar-refractivity contribution in [2.24, 2.45) is 0 Å². The highest BCUT2D eigenvalue weighted by Crippen LogP contribution is 2.12. The molecule has 0 aliphatic rings. The van der Waals surface area contributed by atoms with Crippen molar-refractivity contribution in [1.29, 1.82) is 0 Å². The lowest BCUT2D eigenvalue weighted by Gasteiger charge is -1.98. The monoisotopic (exact) mass is 420 g/mol. The molecule has 0 aliphatic carbocycles. The first-order chi connectivity index (χ1) is 8.51. The summed E-state index contributed by atoms with van der Waals surface area (Å²) in [6, 6.07) is 0. The van der Waals surface area contributed by atoms with E-state index in [1.54, 1.807) is 0 Å². The third-order valence-corrected chi connectivity index (χ3v) is 1.71. The van der Waals surface area contributed by atoms with Crippen LogP contribution in [0.3, 0.4) is 0 Å². The number of hydrogen-bond donors (Lipinski definition) is 0. The normalized spacial score (nSPS) is 8.33. The SMILES string of the molecule is CCCCCCC(Cl)Cl.ClCCl.ClCCl.ClCCl. The Bertz CT molecular complexity index is 87.2. The molecule has 0 saturated carbocycles. The Kier molecular flexibility index (Phi) is 57.8. The van der Waals surface area contributed by atoms with Gasteiger partial charge in [-0.25, -0.2) is 0 Å². The fourth-order valence-corrected chi connectivity index (χ4v) is 1.03. The summed E-state index contributed by atoms with van der Waals surface area (Å²) in [5, 5.41) is 0.583. The van der Waals surface area contributed by atoms with Crippen molar-refractivity contribution in [3.8, 4) is 0 Å². The minimum Gasteiger partial charge on any atom is -0.109 e. The minimum atomic E-state index is -0.151. The van der Waals surface area contributed by atoms with Crippen LogP contribution in [0.5, 0.6) is 0 Å². The maximum absolute atomic E-state index is 5.52. The molecule has 0 nitrogen and oxygen atoms in total. The van der Waals surface area contributed by atoms with Crippen molar-refractivity contribution >= 4 is 92.8 Å². The quantitative estimate of drug-likeness (QED) is 0.310. The molecule has 18 heavy (non-hydrogen) atoms. The van der Waals surface area contributed by atoms with Crippen LogP contribution in [-0.4, -0.2) is 20.9 Å². The average Bonchev–Trinajstić information content (AvgIpc) is 2.27. The Morgan fingerprint density at radius 3 is 1.22 bits per heavy atom. The second-order valence-electron chi connectivity index (χ2n) is 2.54. The number of hydrogen-bond acceptors (Lipinski definition) is 0. The van der Waals surface area contributed by atoms with Crippen molar-refractivity contribution in [3.63, 3.8) is 0 Å². The number of rotatable bonds is 5. The largest absolute Gasteiger partial charge is 0.109 e. The zero-order valence-corrected chi connectivity index (χ0v) is 16.3. The Morgan fingerprint density at radius 1 is 0.667 bits per heavy atom. The predicted octanol–water partition coefficient (Wildman–Crippen LogP) is 8.03. The maximum atomic E-state index is 5.52. The number of alkyl halides is 8. The van der Waals surface area contributed by atoms with Crippen molar-refractivity contribution < 1.29 is 0 Å². The molecule has 0 aromatic rings. The average molecular weight is 424 g/mol. The molecule has 0 N–H and O–H groups in total. The second kappa shape index (κ2) is 36.5. The van der Waals surface area contributed by atoms with Crippen LogP contribution in [-0.2, 0) is 0 Å². The molecule has 0 rings (SSSR count). The second-order valence-corrected chi connectivity index (χ2v) is 6.24. The van der Waals surface area contributed by atoms with Crippen molar-refractivity contribution in [2.75, 3.05) is 16.0 Å². The van der Waals surface area contributed by atoms with Crippen LogP contribution in [0.2, 0.25) is 0 Å². The highest BCUT2D eigenvalue weighted by atomic mass is 35.5. The molecule has 0 fully saturated rings. The van der Waals surface area contributed by atoms with Crippen LogP contribution in [0.4, 0.5) is 0 Å². The molecule has 0 radical (unpaired) electrons. The summed E-state index contributed by atoms with van der Waals surface area (Å²) in [4.78, 5) is -0.151. The van der Waals surface area contributed by atoms with Crippen LogP contribution in [0.15, 0.2) is 0 Å². The van der Waals surface area contributed by atoms with Gasteiger partial charge < -0.3 is 0 Å². The maximum Gasteiger partial charge on any atom is 0.107 e. The van der Waals surface area contributed by atoms with Gasteiger partial charge in [0.1, 0.15) is 4.84 Å². The zero-order valence-electron chi connectivity index (χ0n) is 10.3. The first kappa shape index (κ1) is 28.5. The van der Waals surface area contributed by atoms with Gasteiger partial charge in [0.2, 0.25) is 0 Å². The highest BCUT2D eigenvalue weighted by Gasteiger charge is 1.96. The predicted molar refractivity (Wildman–Crippen MR) is 94.0 cm³/mol. The Balaban J connectivity index is -0.0000000902. The van der Waals surface area contributed by atoms with E-state index in [2.05, 4.69) is 6.92 Å². The van der Waals surface area contributed by atoms with Crippen LogP contribution in [0, 0.1) is 0 Å². The lowest BCUT2D eigenvalue weighted by atomic mass is 10.2. The lowest BCUT2D eigenvalue weighted by Crippen LogP contribution is -1.85. The standard InChI is InChI=1S/C7H14Cl2.3CH2Cl2/c1-2-3-4-5-6-7(8)9;3*2-1-3/h7H,2-6H2,1H3;3*1H2. The molecule has 0 aliphatic heterocycles. The fraction of sp³-hybridized carbons (Fsp3) is 1.00. The van der Waals surface area contributed by atoms with Gasteiger partial charge in [-0.1, -0.05) is 32.6 Å². The molecule has 0 atom stereocenters. The molecule has 0 bridgehead atoms. The van der Waals surface area contributed by atoms with Crippen LogP contribution >= 0.6 is 92.8 Å². The Labute approximate surface area is 151 Å². The third-order valence-electron chi connectivity index (χ3n) is 1.28. The molecule has 0 heterocycles. The Morgan fingerprint density at radius 2 is 1.00 bits per heavy atom. The van der Waals surface area contributed by atoms with E-state index in [0.717, 1.165) is 6.42 Å². The molecule has 0 aromatic carbocycles. The van der Waals surface area contributed by atoms with E-state index in [-0.39, 0.29) is 20.9 Å². The molecule has 0 unspecified atom stereocenters. The van der Waals surface area contributed by atoms with Crippen LogP contribution in [0.1, 0.15) is 39.0 Å². The van der Waals surface area contributed by atoms with E-state index in [1.807, 2.05) is 0 Å². The van der Waals surface area contributed by atoms with Gasteiger partial charge in [0.05, 0.1) is 16.0 Å². The summed E-state index contributed by atoms with van der Waals surface area (Å²) < 4.78 is 0. The molecule has 0 amide bonds. The van der Waals surface area contributed by atoms with Gasteiger partial charge in [0.15, 0.2) is 0 Å². The zero-order chi connectivity index (χ0) is 15.2. The molecule has 0 spiro atoms. The lowest BCUT2D eigenvalue weighted by molar-refractivity contribution is 0.650. The van der Waals surface area contributed by atoms with Gasteiger partial charge in [-0.3, -0.25) is 0 Å². The van der Waals surface area contributed by atoms with Crippen molar-refractivity contribution in [2.45, 2.75) is 43.9 Å². The Hall–Kier alpha value is 2.32. The van der Waals surface area contributed by atoms with Gasteiger partial charge in [0, 0.05) is 0 Å². The summed E-state index contributed by atoms with van der Waals surface area (Å²) >= 11 is 39.6. The smallest absolute Gasteiger partial charge is 0.107 e. The van der Waals surface area contributed by atoms with E-state index < -0.39 is 0 Å². The molecule has 8 heteroatoms. The van der Waals surface area contributed by atoms with Gasteiger partial charge in [-0.15, -0.1) is 92.8 Å². The van der Waals surface area contributed by atoms with Gasteiger partial charge in [0.25, 0.3) is 0 Å². The van der Waals surface area contributed by atoms with E-state index in [1.165, 1.54) is 25.7 Å². The molecule has 0 saturated heterocycles. The van der Waals surface area contributed by atoms with Crippen molar-refractivity contribution in [3.05, 3.63) is 0 Å². The fourth-order valence-electron chi connectivity index (χ4n) is 0.725. The first-order valence-electron chi connectivity index (χ1n) is 5.16. The van der Waals surface area contributed by atoms with Crippen LogP contribution < -0.4 is 0 Å². The van der Waals surface area contributed by atoms with Gasteiger partial charge in [-0.2, -0.15) is 0 Å². The number of halogens is 8. The topological polar surface area (TPSA) is 0 Å². The molecular formula is C10H20Cl8. The van der Waals surface area contributed by atoms with E-state index in [9.17, 15) is 0 Å². The molecule has 116 valence electrons. The van der Waals surface area contributed by atoms with E-state index in [4.69, 9.17) is 92.8 Å². The van der Waals surface area contributed by atoms with Gasteiger partial charge >= 0.3 is 0 Å². The minimum absolute atomic E-state index is 0.151. The number of unbranched alkanes of at least 4 members (excludes halogenated alkanes) is 3. The van der Waals surface area contributed by atoms with E-state index >= 15 is 0 Å². The summed E-state index contributed by atoms with van der Waals surface area (Å²) in [6.45, 7) is 2.19. The summed E-state index contributed by atoms with van der Waals surface area (Å²) in [5.41, 5.74) is 0. The van der Waals surface area contributed by atoms with Crippen LogP contribution in [0.25, 0.3) is 0 Å². The first-order valence-corrected chi connectivity index (χ1v) is 9.24. The summed E-state index contributed by atoms with van der Waals surface area (Å²) in [7, 11) is 0. The third kappa shape index (κ3) is 79.4. The van der Waals surface area contributed by atoms with Gasteiger partial charge in [-0.05, 0) is 6.42 Å². The van der Waals surface area contributed by atoms with E-state index in [0.29, 0.717) is 0 Å². The molecular weight excluding hydrogens is 404 g/mol.